The number of nitrogens with one attached hydrogen (secondary N) is 1. The van der Waals surface area contributed by atoms with Gasteiger partial charge in [0.25, 0.3) is 5.91 Å². The summed E-state index contributed by atoms with van der Waals surface area (Å²) < 4.78 is 32.3. The molecule has 1 aromatic carbocycles. The van der Waals surface area contributed by atoms with Crippen molar-refractivity contribution < 1.29 is 18.3 Å². The lowest BCUT2D eigenvalue weighted by molar-refractivity contribution is -0.128. The molecule has 1 unspecified atom stereocenters. The summed E-state index contributed by atoms with van der Waals surface area (Å²) in [6, 6.07) is 2.34. The van der Waals surface area contributed by atoms with E-state index in [1.54, 1.807) is 0 Å². The molecule has 0 radical (unpaired) electrons. The molecule has 1 atom stereocenters. The zero-order chi connectivity index (χ0) is 15.3. The Morgan fingerprint density at radius 1 is 1.35 bits per heavy atom. The van der Waals surface area contributed by atoms with Gasteiger partial charge in [-0.25, -0.2) is 4.39 Å². The van der Waals surface area contributed by atoms with Crippen molar-refractivity contribution in [3.8, 4) is 5.75 Å². The van der Waals surface area contributed by atoms with Crippen molar-refractivity contribution in [2.24, 2.45) is 0 Å². The van der Waals surface area contributed by atoms with Crippen molar-refractivity contribution in [2.45, 2.75) is 45.8 Å². The first-order valence-corrected chi connectivity index (χ1v) is 7.29. The second-order valence-electron chi connectivity index (χ2n) is 4.48. The molecular weight excluding hydrogens is 332 g/mol. The highest BCUT2D eigenvalue weighted by Crippen LogP contribution is 2.26. The summed E-state index contributed by atoms with van der Waals surface area (Å²) in [5.41, 5.74) is 0. The van der Waals surface area contributed by atoms with E-state index < -0.39 is 17.7 Å². The van der Waals surface area contributed by atoms with E-state index in [0.717, 1.165) is 18.9 Å². The molecule has 0 aliphatic carbocycles. The number of hydrogen-bond donors (Lipinski definition) is 1. The smallest absolute Gasteiger partial charge is 0.260 e. The van der Waals surface area contributed by atoms with Gasteiger partial charge in [-0.3, -0.25) is 4.79 Å². The summed E-state index contributed by atoms with van der Waals surface area (Å²) >= 11 is 3.05. The lowest BCUT2D eigenvalue weighted by Crippen LogP contribution is -2.42. The highest BCUT2D eigenvalue weighted by molar-refractivity contribution is 9.10. The Kier molecular flexibility index (Phi) is 6.39. The van der Waals surface area contributed by atoms with Crippen molar-refractivity contribution in [3.63, 3.8) is 0 Å². The van der Waals surface area contributed by atoms with Crippen LogP contribution in [0.3, 0.4) is 0 Å². The molecule has 3 nitrogen and oxygen atoms in total. The van der Waals surface area contributed by atoms with Crippen LogP contribution < -0.4 is 10.1 Å². The van der Waals surface area contributed by atoms with Crippen LogP contribution in [0.4, 0.5) is 8.78 Å². The van der Waals surface area contributed by atoms with Crippen molar-refractivity contribution in [1.82, 2.24) is 5.32 Å². The van der Waals surface area contributed by atoms with E-state index in [1.165, 1.54) is 13.0 Å². The first kappa shape index (κ1) is 16.9. The lowest BCUT2D eigenvalue weighted by atomic mass is 10.1. The first-order valence-electron chi connectivity index (χ1n) is 6.50. The fraction of sp³-hybridized carbons (Fsp3) is 0.500. The second kappa shape index (κ2) is 7.57. The number of amides is 1. The van der Waals surface area contributed by atoms with Gasteiger partial charge in [0.05, 0.1) is 0 Å². The van der Waals surface area contributed by atoms with Crippen molar-refractivity contribution in [2.75, 3.05) is 0 Å². The zero-order valence-electron chi connectivity index (χ0n) is 11.7. The van der Waals surface area contributed by atoms with Gasteiger partial charge in [0.1, 0.15) is 0 Å². The summed E-state index contributed by atoms with van der Waals surface area (Å²) in [5, 5.41) is 2.79. The van der Waals surface area contributed by atoms with Gasteiger partial charge in [-0.1, -0.05) is 29.8 Å². The van der Waals surface area contributed by atoms with E-state index in [4.69, 9.17) is 4.74 Å². The molecule has 1 amide bonds. The maximum Gasteiger partial charge on any atom is 0.260 e. The normalized spacial score (nSPS) is 12.3. The molecule has 6 heteroatoms. The molecule has 1 aromatic rings. The van der Waals surface area contributed by atoms with Crippen LogP contribution in [0.2, 0.25) is 0 Å². The molecular formula is C14H18BrF2NO2. The van der Waals surface area contributed by atoms with Crippen LogP contribution in [0.5, 0.6) is 5.75 Å². The van der Waals surface area contributed by atoms with Crippen molar-refractivity contribution in [1.29, 1.82) is 0 Å². The molecule has 1 rings (SSSR count). The topological polar surface area (TPSA) is 38.3 Å². The van der Waals surface area contributed by atoms with Crippen LogP contribution in [0.25, 0.3) is 0 Å². The van der Waals surface area contributed by atoms with Crippen LogP contribution in [-0.4, -0.2) is 18.1 Å². The third kappa shape index (κ3) is 4.44. The van der Waals surface area contributed by atoms with E-state index in [1.807, 2.05) is 13.8 Å². The van der Waals surface area contributed by atoms with Crippen molar-refractivity contribution >= 4 is 21.8 Å². The van der Waals surface area contributed by atoms with Gasteiger partial charge in [-0.05, 0) is 31.9 Å². The average Bonchev–Trinajstić information content (AvgIpc) is 2.41. The fourth-order valence-corrected chi connectivity index (χ4v) is 2.08. The molecule has 20 heavy (non-hydrogen) atoms. The molecule has 112 valence electrons. The molecule has 0 aliphatic rings. The summed E-state index contributed by atoms with van der Waals surface area (Å²) in [6.07, 6.45) is 0.697. The molecule has 0 heterocycles. The molecule has 0 bridgehead atoms. The third-order valence-electron chi connectivity index (χ3n) is 2.96. The van der Waals surface area contributed by atoms with Crippen LogP contribution >= 0.6 is 15.9 Å². The number of rotatable bonds is 6. The Bertz CT molecular complexity index is 478. The van der Waals surface area contributed by atoms with Crippen LogP contribution in [0.1, 0.15) is 33.6 Å². The predicted molar refractivity (Wildman–Crippen MR) is 76.7 cm³/mol. The number of halogens is 3. The summed E-state index contributed by atoms with van der Waals surface area (Å²) in [6.45, 7) is 5.42. The van der Waals surface area contributed by atoms with Crippen LogP contribution in [0.15, 0.2) is 16.6 Å². The lowest BCUT2D eigenvalue weighted by Gasteiger charge is -2.19. The number of carbonyl (C=O) groups excluding carboxylic acids is 1. The molecule has 0 aliphatic heterocycles. The van der Waals surface area contributed by atoms with Gasteiger partial charge < -0.3 is 10.1 Å². The quantitative estimate of drug-likeness (QED) is 0.793. The van der Waals surface area contributed by atoms with E-state index in [2.05, 4.69) is 21.2 Å². The number of hydrogen-bond acceptors (Lipinski definition) is 2. The second-order valence-corrected chi connectivity index (χ2v) is 5.40. The Balaban J connectivity index is 2.75. The Morgan fingerprint density at radius 3 is 2.50 bits per heavy atom. The summed E-state index contributed by atoms with van der Waals surface area (Å²) in [5.74, 6) is -2.76. The average molecular weight is 350 g/mol. The summed E-state index contributed by atoms with van der Waals surface area (Å²) in [7, 11) is 0. The zero-order valence-corrected chi connectivity index (χ0v) is 13.3. The molecule has 0 aromatic heterocycles. The molecule has 0 saturated carbocycles. The first-order chi connectivity index (χ1) is 9.38. The largest absolute Gasteiger partial charge is 0.478 e. The van der Waals surface area contributed by atoms with Gasteiger partial charge in [0.15, 0.2) is 17.7 Å². The van der Waals surface area contributed by atoms with E-state index in [9.17, 15) is 13.6 Å². The molecule has 0 saturated heterocycles. The van der Waals surface area contributed by atoms with Gasteiger partial charge in [0.2, 0.25) is 5.82 Å². The highest BCUT2D eigenvalue weighted by Gasteiger charge is 2.20. The van der Waals surface area contributed by atoms with Gasteiger partial charge >= 0.3 is 0 Å². The summed E-state index contributed by atoms with van der Waals surface area (Å²) in [4.78, 5) is 11.9. The number of ether oxygens (including phenoxy) is 1. The minimum atomic E-state index is -1.10. The maximum absolute atomic E-state index is 13.5. The molecule has 1 N–H and O–H groups in total. The van der Waals surface area contributed by atoms with Crippen LogP contribution in [0, 0.1) is 11.6 Å². The Morgan fingerprint density at radius 2 is 1.95 bits per heavy atom. The SMILES string of the molecule is CCC(CC)NC(=O)C(C)Oc1cc(Br)cc(F)c1F. The van der Waals surface area contributed by atoms with Gasteiger partial charge in [-0.15, -0.1) is 0 Å². The van der Waals surface area contributed by atoms with E-state index >= 15 is 0 Å². The highest BCUT2D eigenvalue weighted by atomic mass is 79.9. The minimum absolute atomic E-state index is 0.0534. The molecule has 0 fully saturated rings. The maximum atomic E-state index is 13.5. The predicted octanol–water partition coefficient (Wildman–Crippen LogP) is 3.80. The van der Waals surface area contributed by atoms with E-state index in [-0.39, 0.29) is 17.7 Å². The Labute approximate surface area is 125 Å². The van der Waals surface area contributed by atoms with Gasteiger partial charge in [0, 0.05) is 10.5 Å². The minimum Gasteiger partial charge on any atom is -0.478 e. The monoisotopic (exact) mass is 349 g/mol. The number of benzene rings is 1. The van der Waals surface area contributed by atoms with Gasteiger partial charge in [-0.2, -0.15) is 4.39 Å². The van der Waals surface area contributed by atoms with Crippen LogP contribution in [-0.2, 0) is 4.79 Å². The third-order valence-corrected chi connectivity index (χ3v) is 3.42. The van der Waals surface area contributed by atoms with Crippen molar-refractivity contribution in [3.05, 3.63) is 28.2 Å². The number of carbonyl (C=O) groups is 1. The molecule has 0 spiro atoms. The fourth-order valence-electron chi connectivity index (χ4n) is 1.67. The van der Waals surface area contributed by atoms with E-state index in [0.29, 0.717) is 4.47 Å². The standard InChI is InChI=1S/C14H18BrF2NO2/c1-4-10(5-2)18-14(19)8(3)20-12-7-9(15)6-11(16)13(12)17/h6-8,10H,4-5H2,1-3H3,(H,18,19). The Hall–Kier alpha value is -1.17.